The van der Waals surface area contributed by atoms with Gasteiger partial charge in [-0.15, -0.1) is 0 Å². The third-order valence-electron chi connectivity index (χ3n) is 2.83. The molecule has 110 valence electrons. The highest BCUT2D eigenvalue weighted by Crippen LogP contribution is 2.38. The normalized spacial score (nSPS) is 12.6. The van der Waals surface area contributed by atoms with Crippen LogP contribution in [0.1, 0.15) is 19.4 Å². The Balaban J connectivity index is 2.15. The first kappa shape index (κ1) is 14.5. The van der Waals surface area contributed by atoms with Crippen molar-refractivity contribution in [3.63, 3.8) is 0 Å². The predicted molar refractivity (Wildman–Crippen MR) is 72.1 cm³/mol. The number of methoxy groups -OCH3 is 1. The lowest BCUT2D eigenvalue weighted by Crippen LogP contribution is -2.22. The summed E-state index contributed by atoms with van der Waals surface area (Å²) in [6.45, 7) is 4.80. The molecule has 0 atom stereocenters. The number of fused-ring (bicyclic) bond motifs is 1. The van der Waals surface area contributed by atoms with Crippen LogP contribution in [-0.2, 0) is 16.1 Å². The zero-order valence-corrected chi connectivity index (χ0v) is 11.9. The van der Waals surface area contributed by atoms with Gasteiger partial charge in [0, 0.05) is 24.2 Å². The molecule has 1 aliphatic heterocycles. The number of esters is 1. The number of rotatable bonds is 6. The fraction of sp³-hybridized carbons (Fsp3) is 0.500. The van der Waals surface area contributed by atoms with Gasteiger partial charge in [0.1, 0.15) is 5.75 Å². The summed E-state index contributed by atoms with van der Waals surface area (Å²) in [5, 5.41) is 3.30. The number of carbonyl (C=O) groups excluding carboxylic acids is 1. The van der Waals surface area contributed by atoms with Crippen molar-refractivity contribution in [2.45, 2.75) is 26.4 Å². The Morgan fingerprint density at radius 2 is 2.05 bits per heavy atom. The van der Waals surface area contributed by atoms with Gasteiger partial charge in [0.15, 0.2) is 18.1 Å². The Hall–Kier alpha value is -1.95. The fourth-order valence-electron chi connectivity index (χ4n) is 1.75. The van der Waals surface area contributed by atoms with Crippen molar-refractivity contribution in [3.05, 3.63) is 17.7 Å². The largest absolute Gasteiger partial charge is 0.481 e. The molecule has 1 heterocycles. The van der Waals surface area contributed by atoms with Gasteiger partial charge >= 0.3 is 5.97 Å². The van der Waals surface area contributed by atoms with E-state index in [1.807, 2.05) is 6.07 Å². The van der Waals surface area contributed by atoms with E-state index in [1.54, 1.807) is 6.07 Å². The number of carbonyl (C=O) groups is 1. The van der Waals surface area contributed by atoms with Crippen molar-refractivity contribution >= 4 is 5.97 Å². The highest BCUT2D eigenvalue weighted by Gasteiger charge is 2.18. The number of benzene rings is 1. The summed E-state index contributed by atoms with van der Waals surface area (Å²) < 4.78 is 20.7. The standard InChI is InChI=1S/C14H19NO5/c1-9(2)15-6-10-4-12-13(20-8-19-12)5-11(10)18-7-14(16)17-3/h4-5,9,15H,6-8H2,1-3H3. The molecule has 0 bridgehead atoms. The lowest BCUT2D eigenvalue weighted by Gasteiger charge is -2.14. The van der Waals surface area contributed by atoms with Gasteiger partial charge in [-0.2, -0.15) is 0 Å². The molecule has 2 rings (SSSR count). The summed E-state index contributed by atoms with van der Waals surface area (Å²) in [5.41, 5.74) is 0.909. The predicted octanol–water partition coefficient (Wildman–Crippen LogP) is 1.47. The van der Waals surface area contributed by atoms with Crippen molar-refractivity contribution in [3.8, 4) is 17.2 Å². The van der Waals surface area contributed by atoms with Crippen LogP contribution in [0, 0.1) is 0 Å². The van der Waals surface area contributed by atoms with Crippen molar-refractivity contribution in [1.29, 1.82) is 0 Å². The monoisotopic (exact) mass is 281 g/mol. The van der Waals surface area contributed by atoms with E-state index in [4.69, 9.17) is 14.2 Å². The Bertz CT molecular complexity index is 487. The number of ether oxygens (including phenoxy) is 4. The molecular weight excluding hydrogens is 262 g/mol. The second kappa shape index (κ2) is 6.47. The molecule has 0 saturated heterocycles. The summed E-state index contributed by atoms with van der Waals surface area (Å²) in [6.07, 6.45) is 0. The number of hydrogen-bond donors (Lipinski definition) is 1. The van der Waals surface area contributed by atoms with Gasteiger partial charge in [0.25, 0.3) is 0 Å². The summed E-state index contributed by atoms with van der Waals surface area (Å²) in [5.74, 6) is 1.48. The Labute approximate surface area is 118 Å². The summed E-state index contributed by atoms with van der Waals surface area (Å²) in [4.78, 5) is 11.2. The van der Waals surface area contributed by atoms with Gasteiger partial charge in [-0.05, 0) is 6.07 Å². The summed E-state index contributed by atoms with van der Waals surface area (Å²) in [7, 11) is 1.33. The molecule has 0 spiro atoms. The molecule has 1 aromatic carbocycles. The Morgan fingerprint density at radius 1 is 1.35 bits per heavy atom. The number of nitrogens with one attached hydrogen (secondary N) is 1. The van der Waals surface area contributed by atoms with E-state index in [2.05, 4.69) is 23.9 Å². The molecule has 0 aliphatic carbocycles. The highest BCUT2D eigenvalue weighted by atomic mass is 16.7. The minimum Gasteiger partial charge on any atom is -0.481 e. The molecule has 1 aromatic rings. The molecule has 20 heavy (non-hydrogen) atoms. The average molecular weight is 281 g/mol. The molecular formula is C14H19NO5. The van der Waals surface area contributed by atoms with Gasteiger partial charge in [-0.3, -0.25) is 0 Å². The van der Waals surface area contributed by atoms with Crippen LogP contribution in [0.5, 0.6) is 17.2 Å². The van der Waals surface area contributed by atoms with Crippen LogP contribution in [0.3, 0.4) is 0 Å². The maximum Gasteiger partial charge on any atom is 0.343 e. The van der Waals surface area contributed by atoms with Crippen molar-refractivity contribution in [2.24, 2.45) is 0 Å². The second-order valence-corrected chi connectivity index (χ2v) is 4.71. The minimum atomic E-state index is -0.426. The highest BCUT2D eigenvalue weighted by molar-refractivity contribution is 5.71. The molecule has 0 radical (unpaired) electrons. The SMILES string of the molecule is COC(=O)COc1cc2c(cc1CNC(C)C)OCO2. The zero-order valence-electron chi connectivity index (χ0n) is 11.9. The van der Waals surface area contributed by atoms with Crippen LogP contribution in [0.2, 0.25) is 0 Å². The van der Waals surface area contributed by atoms with E-state index in [1.165, 1.54) is 7.11 Å². The van der Waals surface area contributed by atoms with E-state index in [0.29, 0.717) is 29.8 Å². The van der Waals surface area contributed by atoms with Crippen LogP contribution in [0.15, 0.2) is 12.1 Å². The quantitative estimate of drug-likeness (QED) is 0.796. The summed E-state index contributed by atoms with van der Waals surface area (Å²) >= 11 is 0. The van der Waals surface area contributed by atoms with Crippen LogP contribution in [0.25, 0.3) is 0 Å². The minimum absolute atomic E-state index is 0.134. The average Bonchev–Trinajstić information content (AvgIpc) is 2.88. The third-order valence-corrected chi connectivity index (χ3v) is 2.83. The summed E-state index contributed by atoms with van der Waals surface area (Å²) in [6, 6.07) is 3.95. The molecule has 0 amide bonds. The van der Waals surface area contributed by atoms with Crippen molar-refractivity contribution in [1.82, 2.24) is 5.32 Å². The molecule has 0 unspecified atom stereocenters. The van der Waals surface area contributed by atoms with Gasteiger partial charge in [-0.1, -0.05) is 13.8 Å². The van der Waals surface area contributed by atoms with Gasteiger partial charge in [0.2, 0.25) is 6.79 Å². The maximum atomic E-state index is 11.2. The van der Waals surface area contributed by atoms with Crippen molar-refractivity contribution < 1.29 is 23.7 Å². The van der Waals surface area contributed by atoms with Crippen molar-refractivity contribution in [2.75, 3.05) is 20.5 Å². The van der Waals surface area contributed by atoms with E-state index < -0.39 is 5.97 Å². The smallest absolute Gasteiger partial charge is 0.343 e. The van der Waals surface area contributed by atoms with Crippen LogP contribution in [0.4, 0.5) is 0 Å². The third kappa shape index (κ3) is 3.54. The van der Waals surface area contributed by atoms with Gasteiger partial charge in [0.05, 0.1) is 7.11 Å². The van der Waals surface area contributed by atoms with E-state index in [9.17, 15) is 4.79 Å². The van der Waals surface area contributed by atoms with E-state index >= 15 is 0 Å². The molecule has 6 nitrogen and oxygen atoms in total. The Kier molecular flexibility index (Phi) is 4.68. The lowest BCUT2D eigenvalue weighted by molar-refractivity contribution is -0.142. The van der Waals surface area contributed by atoms with Gasteiger partial charge < -0.3 is 24.3 Å². The first-order chi connectivity index (χ1) is 9.60. The fourth-order valence-corrected chi connectivity index (χ4v) is 1.75. The number of hydrogen-bond acceptors (Lipinski definition) is 6. The Morgan fingerprint density at radius 3 is 2.70 bits per heavy atom. The molecule has 1 aliphatic rings. The van der Waals surface area contributed by atoms with E-state index in [-0.39, 0.29) is 13.4 Å². The van der Waals surface area contributed by atoms with Crippen LogP contribution >= 0.6 is 0 Å². The van der Waals surface area contributed by atoms with Crippen LogP contribution < -0.4 is 19.5 Å². The van der Waals surface area contributed by atoms with E-state index in [0.717, 1.165) is 5.56 Å². The molecule has 0 aromatic heterocycles. The molecule has 1 N–H and O–H groups in total. The topological polar surface area (TPSA) is 66.0 Å². The first-order valence-electron chi connectivity index (χ1n) is 6.45. The lowest BCUT2D eigenvalue weighted by atomic mass is 10.1. The second-order valence-electron chi connectivity index (χ2n) is 4.71. The zero-order chi connectivity index (χ0) is 14.5. The molecule has 0 fully saturated rings. The van der Waals surface area contributed by atoms with Gasteiger partial charge in [-0.25, -0.2) is 4.79 Å². The molecule has 6 heteroatoms. The first-order valence-corrected chi connectivity index (χ1v) is 6.45. The maximum absolute atomic E-state index is 11.2. The molecule has 0 saturated carbocycles. The van der Waals surface area contributed by atoms with Crippen LogP contribution in [-0.4, -0.2) is 32.5 Å².